The first-order valence-electron chi connectivity index (χ1n) is 12.1. The van der Waals surface area contributed by atoms with E-state index in [4.69, 9.17) is 9.84 Å². The molecule has 2 aromatic carbocycles. The van der Waals surface area contributed by atoms with E-state index in [0.717, 1.165) is 25.7 Å². The Balaban J connectivity index is 1.19. The van der Waals surface area contributed by atoms with Gasteiger partial charge in [0.1, 0.15) is 6.61 Å². The van der Waals surface area contributed by atoms with Gasteiger partial charge in [0.2, 0.25) is 5.91 Å². The van der Waals surface area contributed by atoms with Crippen molar-refractivity contribution in [2.75, 3.05) is 13.2 Å². The van der Waals surface area contributed by atoms with E-state index < -0.39 is 12.1 Å². The highest BCUT2D eigenvalue weighted by molar-refractivity contribution is 5.80. The Morgan fingerprint density at radius 2 is 1.59 bits per heavy atom. The molecule has 0 aliphatic heterocycles. The highest BCUT2D eigenvalue weighted by Gasteiger charge is 2.32. The van der Waals surface area contributed by atoms with Crippen LogP contribution >= 0.6 is 0 Å². The Labute approximate surface area is 199 Å². The molecular formula is C27H32N2O5. The summed E-state index contributed by atoms with van der Waals surface area (Å²) >= 11 is 0. The summed E-state index contributed by atoms with van der Waals surface area (Å²) in [5.74, 6) is -0.867. The number of carbonyl (C=O) groups is 3. The van der Waals surface area contributed by atoms with Crippen LogP contribution in [0.4, 0.5) is 4.79 Å². The molecule has 0 aromatic heterocycles. The molecule has 2 atom stereocenters. The molecule has 1 fully saturated rings. The second-order valence-corrected chi connectivity index (χ2v) is 9.17. The van der Waals surface area contributed by atoms with E-state index in [-0.39, 0.29) is 36.8 Å². The zero-order chi connectivity index (χ0) is 23.9. The van der Waals surface area contributed by atoms with Crippen molar-refractivity contribution in [3.8, 4) is 11.1 Å². The molecule has 0 unspecified atom stereocenters. The van der Waals surface area contributed by atoms with E-state index in [1.54, 1.807) is 0 Å². The van der Waals surface area contributed by atoms with Crippen LogP contribution in [0.2, 0.25) is 0 Å². The van der Waals surface area contributed by atoms with Gasteiger partial charge in [-0.15, -0.1) is 0 Å². The zero-order valence-corrected chi connectivity index (χ0v) is 19.3. The minimum absolute atomic E-state index is 0.00933. The molecule has 2 aliphatic rings. The summed E-state index contributed by atoms with van der Waals surface area (Å²) in [4.78, 5) is 35.4. The Kier molecular flexibility index (Phi) is 7.83. The standard InChI is InChI=1S/C27H32N2O5/c30-25(31)12-2-1-7-15-28-26(32)18-13-14-19(16-18)29-27(33)34-17-24-22-10-5-3-8-20(22)21-9-4-6-11-23(21)24/h3-6,8-11,18-19,24H,1-2,7,12-17H2,(H,28,32)(H,29,33)(H,30,31)/t18-,19+/m0/s1. The molecule has 2 amide bonds. The summed E-state index contributed by atoms with van der Waals surface area (Å²) in [7, 11) is 0. The second kappa shape index (κ2) is 11.2. The van der Waals surface area contributed by atoms with Crippen molar-refractivity contribution < 1.29 is 24.2 Å². The fraction of sp³-hybridized carbons (Fsp3) is 0.444. The number of alkyl carbamates (subject to hydrolysis) is 1. The molecule has 2 aromatic rings. The third-order valence-corrected chi connectivity index (χ3v) is 6.84. The van der Waals surface area contributed by atoms with Gasteiger partial charge in [-0.1, -0.05) is 55.0 Å². The van der Waals surface area contributed by atoms with Crippen LogP contribution in [0, 0.1) is 5.92 Å². The maximum atomic E-state index is 12.5. The van der Waals surface area contributed by atoms with Gasteiger partial charge in [-0.05, 0) is 54.4 Å². The van der Waals surface area contributed by atoms with Gasteiger partial charge in [0.05, 0.1) is 0 Å². The van der Waals surface area contributed by atoms with Crippen molar-refractivity contribution in [3.63, 3.8) is 0 Å². The lowest BCUT2D eigenvalue weighted by Gasteiger charge is -2.17. The third-order valence-electron chi connectivity index (χ3n) is 6.84. The number of carboxylic acid groups (broad SMARTS) is 1. The van der Waals surface area contributed by atoms with Gasteiger partial charge in [0.15, 0.2) is 0 Å². The molecule has 0 bridgehead atoms. The number of hydrogen-bond donors (Lipinski definition) is 3. The summed E-state index contributed by atoms with van der Waals surface area (Å²) in [5, 5.41) is 14.5. The summed E-state index contributed by atoms with van der Waals surface area (Å²) in [6.45, 7) is 0.831. The first kappa shape index (κ1) is 23.8. The molecule has 34 heavy (non-hydrogen) atoms. The molecule has 3 N–H and O–H groups in total. The second-order valence-electron chi connectivity index (χ2n) is 9.17. The van der Waals surface area contributed by atoms with Crippen LogP contribution in [0.1, 0.15) is 62.0 Å². The lowest BCUT2D eigenvalue weighted by Crippen LogP contribution is -2.36. The number of aliphatic carboxylic acids is 1. The molecule has 0 radical (unpaired) electrons. The van der Waals surface area contributed by atoms with Crippen molar-refractivity contribution in [1.29, 1.82) is 0 Å². The summed E-state index contributed by atoms with van der Waals surface area (Å²) in [6, 6.07) is 16.4. The Morgan fingerprint density at radius 1 is 0.912 bits per heavy atom. The summed E-state index contributed by atoms with van der Waals surface area (Å²) < 4.78 is 5.62. The summed E-state index contributed by atoms with van der Waals surface area (Å²) in [6.07, 6.45) is 4.00. The third kappa shape index (κ3) is 5.76. The highest BCUT2D eigenvalue weighted by Crippen LogP contribution is 2.44. The first-order valence-corrected chi connectivity index (χ1v) is 12.1. The number of nitrogens with one attached hydrogen (secondary N) is 2. The van der Waals surface area contributed by atoms with Gasteiger partial charge < -0.3 is 20.5 Å². The van der Waals surface area contributed by atoms with Crippen LogP contribution in [0.15, 0.2) is 48.5 Å². The molecule has 7 heteroatoms. The van der Waals surface area contributed by atoms with E-state index in [1.807, 2.05) is 24.3 Å². The fourth-order valence-electron chi connectivity index (χ4n) is 5.09. The normalized spacial score (nSPS) is 18.7. The smallest absolute Gasteiger partial charge is 0.407 e. The van der Waals surface area contributed by atoms with Gasteiger partial charge in [-0.2, -0.15) is 0 Å². The number of carboxylic acids is 1. The average Bonchev–Trinajstić information content (AvgIpc) is 3.42. The van der Waals surface area contributed by atoms with Crippen LogP contribution in [0.3, 0.4) is 0 Å². The number of carbonyl (C=O) groups excluding carboxylic acids is 2. The van der Waals surface area contributed by atoms with E-state index in [0.29, 0.717) is 19.4 Å². The molecule has 0 heterocycles. The summed E-state index contributed by atoms with van der Waals surface area (Å²) in [5.41, 5.74) is 4.74. The van der Waals surface area contributed by atoms with Gasteiger partial charge in [0, 0.05) is 30.8 Å². The van der Waals surface area contributed by atoms with Crippen molar-refractivity contribution in [2.45, 2.75) is 56.9 Å². The van der Waals surface area contributed by atoms with E-state index >= 15 is 0 Å². The molecule has 180 valence electrons. The molecule has 2 aliphatic carbocycles. The van der Waals surface area contributed by atoms with Crippen LogP contribution in [0.5, 0.6) is 0 Å². The van der Waals surface area contributed by atoms with Crippen LogP contribution < -0.4 is 10.6 Å². The SMILES string of the molecule is O=C(O)CCCCCNC(=O)[C@H]1CC[C@@H](NC(=O)OCC2c3ccccc3-c3ccccc32)C1. The zero-order valence-electron chi connectivity index (χ0n) is 19.3. The lowest BCUT2D eigenvalue weighted by atomic mass is 9.98. The number of ether oxygens (including phenoxy) is 1. The monoisotopic (exact) mass is 464 g/mol. The van der Waals surface area contributed by atoms with Crippen molar-refractivity contribution in [3.05, 3.63) is 59.7 Å². The number of fused-ring (bicyclic) bond motifs is 3. The van der Waals surface area contributed by atoms with E-state index in [1.165, 1.54) is 22.3 Å². The highest BCUT2D eigenvalue weighted by atomic mass is 16.5. The molecule has 4 rings (SSSR count). The Morgan fingerprint density at radius 3 is 2.26 bits per heavy atom. The topological polar surface area (TPSA) is 105 Å². The van der Waals surface area contributed by atoms with Crippen molar-refractivity contribution >= 4 is 18.0 Å². The molecule has 0 spiro atoms. The predicted octanol–water partition coefficient (Wildman–Crippen LogP) is 4.46. The van der Waals surface area contributed by atoms with Gasteiger partial charge in [-0.25, -0.2) is 4.79 Å². The minimum atomic E-state index is -0.787. The molecular weight excluding hydrogens is 432 g/mol. The molecule has 7 nitrogen and oxygen atoms in total. The van der Waals surface area contributed by atoms with Crippen molar-refractivity contribution in [2.24, 2.45) is 5.92 Å². The number of benzene rings is 2. The average molecular weight is 465 g/mol. The van der Waals surface area contributed by atoms with Gasteiger partial charge >= 0.3 is 12.1 Å². The number of rotatable bonds is 10. The Hall–Kier alpha value is -3.35. The number of hydrogen-bond acceptors (Lipinski definition) is 4. The van der Waals surface area contributed by atoms with Gasteiger partial charge in [-0.3, -0.25) is 9.59 Å². The van der Waals surface area contributed by atoms with Crippen LogP contribution in [-0.4, -0.2) is 42.3 Å². The Bertz CT molecular complexity index is 992. The van der Waals surface area contributed by atoms with Crippen LogP contribution in [-0.2, 0) is 14.3 Å². The maximum Gasteiger partial charge on any atom is 0.407 e. The molecule has 1 saturated carbocycles. The maximum absolute atomic E-state index is 12.5. The lowest BCUT2D eigenvalue weighted by molar-refractivity contribution is -0.137. The first-order chi connectivity index (χ1) is 16.5. The fourth-order valence-corrected chi connectivity index (χ4v) is 5.09. The largest absolute Gasteiger partial charge is 0.481 e. The number of amides is 2. The number of unbranched alkanes of at least 4 members (excludes halogenated alkanes) is 2. The van der Waals surface area contributed by atoms with E-state index in [9.17, 15) is 14.4 Å². The minimum Gasteiger partial charge on any atom is -0.481 e. The van der Waals surface area contributed by atoms with Crippen LogP contribution in [0.25, 0.3) is 11.1 Å². The van der Waals surface area contributed by atoms with Crippen molar-refractivity contribution in [1.82, 2.24) is 10.6 Å². The van der Waals surface area contributed by atoms with E-state index in [2.05, 4.69) is 34.9 Å². The quantitative estimate of drug-likeness (QED) is 0.451. The van der Waals surface area contributed by atoms with Gasteiger partial charge in [0.25, 0.3) is 0 Å². The molecule has 0 saturated heterocycles. The predicted molar refractivity (Wildman–Crippen MR) is 128 cm³/mol.